The molecule has 0 saturated carbocycles. The number of fused-ring (bicyclic) bond motifs is 2. The van der Waals surface area contributed by atoms with Crippen LogP contribution < -0.4 is 5.32 Å². The molecule has 0 aliphatic carbocycles. The number of aromatic carboxylic acids is 2. The molecule has 10 nitrogen and oxygen atoms in total. The molecule has 40 heavy (non-hydrogen) atoms. The maximum Gasteiger partial charge on any atom is 0.335 e. The van der Waals surface area contributed by atoms with Crippen molar-refractivity contribution in [2.45, 2.75) is 6.04 Å². The van der Waals surface area contributed by atoms with Crippen molar-refractivity contribution in [3.63, 3.8) is 0 Å². The molecule has 5 aromatic carbocycles. The van der Waals surface area contributed by atoms with Crippen LogP contribution >= 0.6 is 0 Å². The van der Waals surface area contributed by atoms with Gasteiger partial charge in [-0.15, -0.1) is 4.91 Å². The van der Waals surface area contributed by atoms with E-state index in [1.807, 2.05) is 0 Å². The summed E-state index contributed by atoms with van der Waals surface area (Å²) in [6, 6.07) is 19.5. The van der Waals surface area contributed by atoms with Crippen molar-refractivity contribution in [1.29, 1.82) is 0 Å². The highest BCUT2D eigenvalue weighted by Crippen LogP contribution is 2.36. The number of nitrogens with one attached hydrogen (secondary N) is 1. The van der Waals surface area contributed by atoms with Gasteiger partial charge in [-0.2, -0.15) is 0 Å². The number of nitroso groups, excluding NO2 is 1. The number of nitrogens with zero attached hydrogens (tertiary/aromatic N) is 1. The summed E-state index contributed by atoms with van der Waals surface area (Å²) < 4.78 is 0. The van der Waals surface area contributed by atoms with E-state index in [0.29, 0.717) is 32.8 Å². The van der Waals surface area contributed by atoms with Crippen molar-refractivity contribution in [3.8, 4) is 11.5 Å². The van der Waals surface area contributed by atoms with Crippen molar-refractivity contribution in [2.24, 2.45) is 5.18 Å². The van der Waals surface area contributed by atoms with Crippen LogP contribution in [0.15, 0.2) is 90.1 Å². The molecule has 10 heteroatoms. The van der Waals surface area contributed by atoms with Gasteiger partial charge in [0.15, 0.2) is 0 Å². The molecule has 198 valence electrons. The molecule has 0 aromatic heterocycles. The van der Waals surface area contributed by atoms with Gasteiger partial charge in [0.05, 0.1) is 16.7 Å². The van der Waals surface area contributed by atoms with E-state index in [0.717, 1.165) is 0 Å². The SMILES string of the molecule is O=NC(c1ccc(NC(=O)c2cc3cc(C(=O)O)ccc3cc2O)cc1)c1cc2cc(C(=O)O)ccc2cc1O. The third-order valence-corrected chi connectivity index (χ3v) is 6.56. The average molecular weight is 536 g/mol. The fourth-order valence-electron chi connectivity index (χ4n) is 4.50. The molecular weight excluding hydrogens is 516 g/mol. The van der Waals surface area contributed by atoms with Crippen molar-refractivity contribution < 1.29 is 34.8 Å². The summed E-state index contributed by atoms with van der Waals surface area (Å²) in [5.74, 6) is -3.34. The highest BCUT2D eigenvalue weighted by atomic mass is 16.4. The minimum absolute atomic E-state index is 0.0401. The van der Waals surface area contributed by atoms with Crippen LogP contribution in [0.4, 0.5) is 5.69 Å². The third-order valence-electron chi connectivity index (χ3n) is 6.56. The lowest BCUT2D eigenvalue weighted by Crippen LogP contribution is -2.12. The first-order valence-electron chi connectivity index (χ1n) is 11.9. The lowest BCUT2D eigenvalue weighted by molar-refractivity contribution is 0.0686. The van der Waals surface area contributed by atoms with Crippen LogP contribution in [0.3, 0.4) is 0 Å². The molecule has 1 atom stereocenters. The number of carbonyl (C=O) groups is 3. The number of hydrogen-bond acceptors (Lipinski definition) is 7. The number of carbonyl (C=O) groups excluding carboxylic acids is 1. The summed E-state index contributed by atoms with van der Waals surface area (Å²) in [5.41, 5.74) is 0.965. The molecule has 0 radical (unpaired) electrons. The number of rotatable bonds is 7. The Morgan fingerprint density at radius 3 is 1.75 bits per heavy atom. The van der Waals surface area contributed by atoms with E-state index in [2.05, 4.69) is 10.5 Å². The zero-order valence-corrected chi connectivity index (χ0v) is 20.5. The van der Waals surface area contributed by atoms with E-state index in [1.54, 1.807) is 18.2 Å². The van der Waals surface area contributed by atoms with E-state index in [-0.39, 0.29) is 33.8 Å². The molecule has 0 heterocycles. The van der Waals surface area contributed by atoms with Gasteiger partial charge in [-0.05, 0) is 87.8 Å². The average Bonchev–Trinajstić information content (AvgIpc) is 2.93. The monoisotopic (exact) mass is 536 g/mol. The molecule has 5 rings (SSSR count). The predicted molar refractivity (Wildman–Crippen MR) is 147 cm³/mol. The van der Waals surface area contributed by atoms with Gasteiger partial charge in [0.25, 0.3) is 5.91 Å². The van der Waals surface area contributed by atoms with Crippen LogP contribution in [-0.2, 0) is 0 Å². The first-order chi connectivity index (χ1) is 19.1. The van der Waals surface area contributed by atoms with E-state index < -0.39 is 23.9 Å². The number of phenols is 2. The number of benzene rings is 5. The van der Waals surface area contributed by atoms with Crippen molar-refractivity contribution in [1.82, 2.24) is 0 Å². The van der Waals surface area contributed by atoms with Gasteiger partial charge < -0.3 is 25.7 Å². The lowest BCUT2D eigenvalue weighted by atomic mass is 9.95. The van der Waals surface area contributed by atoms with Crippen molar-refractivity contribution >= 4 is 45.1 Å². The number of phenolic OH excluding ortho intramolecular Hbond substituents is 2. The van der Waals surface area contributed by atoms with Crippen LogP contribution in [0.1, 0.15) is 48.2 Å². The van der Waals surface area contributed by atoms with Gasteiger partial charge in [-0.1, -0.05) is 29.4 Å². The number of anilines is 1. The highest BCUT2D eigenvalue weighted by Gasteiger charge is 2.21. The van der Waals surface area contributed by atoms with Crippen LogP contribution in [0.25, 0.3) is 21.5 Å². The highest BCUT2D eigenvalue weighted by molar-refractivity contribution is 6.09. The van der Waals surface area contributed by atoms with Gasteiger partial charge in [0, 0.05) is 11.3 Å². The quantitative estimate of drug-likeness (QED) is 0.160. The molecule has 1 amide bonds. The number of carboxylic acids is 2. The second kappa shape index (κ2) is 10.2. The molecule has 0 fully saturated rings. The summed E-state index contributed by atoms with van der Waals surface area (Å²) in [6.45, 7) is 0. The van der Waals surface area contributed by atoms with Gasteiger partial charge in [-0.3, -0.25) is 4.79 Å². The van der Waals surface area contributed by atoms with E-state index in [4.69, 9.17) is 0 Å². The largest absolute Gasteiger partial charge is 0.508 e. The Labute approximate surface area is 225 Å². The number of amides is 1. The second-order valence-corrected chi connectivity index (χ2v) is 9.10. The first kappa shape index (κ1) is 25.9. The maximum absolute atomic E-state index is 12.9. The fourth-order valence-corrected chi connectivity index (χ4v) is 4.50. The Morgan fingerprint density at radius 2 is 1.20 bits per heavy atom. The van der Waals surface area contributed by atoms with Crippen molar-refractivity contribution in [2.75, 3.05) is 5.32 Å². The molecule has 5 N–H and O–H groups in total. The Bertz CT molecular complexity index is 1850. The molecule has 0 aliphatic heterocycles. The smallest absolute Gasteiger partial charge is 0.335 e. The van der Waals surface area contributed by atoms with Gasteiger partial charge in [0.2, 0.25) is 0 Å². The molecule has 0 bridgehead atoms. The Kier molecular flexibility index (Phi) is 6.58. The Morgan fingerprint density at radius 1 is 0.650 bits per heavy atom. The molecule has 1 unspecified atom stereocenters. The number of aromatic hydroxyl groups is 2. The summed E-state index contributed by atoms with van der Waals surface area (Å²) >= 11 is 0. The number of hydrogen-bond donors (Lipinski definition) is 5. The van der Waals surface area contributed by atoms with Crippen LogP contribution in [0.2, 0.25) is 0 Å². The van der Waals surface area contributed by atoms with Crippen molar-refractivity contribution in [3.05, 3.63) is 118 Å². The minimum Gasteiger partial charge on any atom is -0.508 e. The molecule has 0 spiro atoms. The molecule has 0 saturated heterocycles. The van der Waals surface area contributed by atoms with Gasteiger partial charge in [-0.25, -0.2) is 9.59 Å². The second-order valence-electron chi connectivity index (χ2n) is 9.10. The van der Waals surface area contributed by atoms with E-state index in [9.17, 15) is 39.7 Å². The normalized spacial score (nSPS) is 11.7. The van der Waals surface area contributed by atoms with Gasteiger partial charge in [0.1, 0.15) is 17.5 Å². The number of carboxylic acid groups (broad SMARTS) is 2. The van der Waals surface area contributed by atoms with Crippen LogP contribution in [0, 0.1) is 4.91 Å². The Hall–Kier alpha value is -5.77. The fraction of sp³-hybridized carbons (Fsp3) is 0.0333. The summed E-state index contributed by atoms with van der Waals surface area (Å²) in [5, 5.41) is 47.4. The third kappa shape index (κ3) is 4.88. The molecule has 5 aromatic rings. The van der Waals surface area contributed by atoms with E-state index >= 15 is 0 Å². The van der Waals surface area contributed by atoms with Gasteiger partial charge >= 0.3 is 11.9 Å². The standard InChI is InChI=1S/C30H20N2O8/c33-25-13-16-1-3-18(29(36)37)9-20(16)11-23(25)27(32-40)15-5-7-22(8-6-15)31-28(35)24-12-21-10-19(30(38)39)4-2-17(21)14-26(24)34/h1-14,27,33-34H,(H,31,35)(H,36,37)(H,38,39). The Balaban J connectivity index is 1.41. The minimum atomic E-state index is -1.12. The summed E-state index contributed by atoms with van der Waals surface area (Å²) in [7, 11) is 0. The molecular formula is C30H20N2O8. The zero-order chi connectivity index (χ0) is 28.6. The summed E-state index contributed by atoms with van der Waals surface area (Å²) in [4.78, 5) is 47.4. The van der Waals surface area contributed by atoms with E-state index in [1.165, 1.54) is 66.7 Å². The maximum atomic E-state index is 12.9. The van der Waals surface area contributed by atoms with Crippen LogP contribution in [-0.4, -0.2) is 38.3 Å². The lowest BCUT2D eigenvalue weighted by Gasteiger charge is -2.14. The summed E-state index contributed by atoms with van der Waals surface area (Å²) in [6.07, 6.45) is 0. The molecule has 0 aliphatic rings. The predicted octanol–water partition coefficient (Wildman–Crippen LogP) is 5.91. The zero-order valence-electron chi connectivity index (χ0n) is 20.5. The first-order valence-corrected chi connectivity index (χ1v) is 11.9. The van der Waals surface area contributed by atoms with Crippen LogP contribution in [0.5, 0.6) is 11.5 Å². The topological polar surface area (TPSA) is 174 Å².